The zero-order chi connectivity index (χ0) is 34.1. The molecule has 5 unspecified atom stereocenters. The number of nitrogens with one attached hydrogen (secondary N) is 1. The fraction of sp³-hybridized carbons (Fsp3) is 0.750. The topological polar surface area (TPSA) is 171 Å². The molecule has 0 aliphatic heterocycles. The molecule has 0 radical (unpaired) electrons. The summed E-state index contributed by atoms with van der Waals surface area (Å²) in [7, 11) is 3.25. The Morgan fingerprint density at radius 2 is 1.62 bits per heavy atom. The van der Waals surface area contributed by atoms with E-state index < -0.39 is 35.9 Å². The van der Waals surface area contributed by atoms with Crippen molar-refractivity contribution in [1.29, 1.82) is 0 Å². The Morgan fingerprint density at radius 1 is 0.933 bits per heavy atom. The second-order valence-electron chi connectivity index (χ2n) is 12.5. The van der Waals surface area contributed by atoms with E-state index in [-0.39, 0.29) is 36.0 Å². The van der Waals surface area contributed by atoms with Gasteiger partial charge < -0.3 is 34.7 Å². The smallest absolute Gasteiger partial charge is 0.493 e. The van der Waals surface area contributed by atoms with Gasteiger partial charge in [0.15, 0.2) is 11.5 Å². The molecular formula is C32H57N3O10. The highest BCUT2D eigenvalue weighted by Gasteiger charge is 2.34. The highest BCUT2D eigenvalue weighted by molar-refractivity contribution is 5.79. The summed E-state index contributed by atoms with van der Waals surface area (Å²) in [6.07, 6.45) is -1.27. The quantitative estimate of drug-likeness (QED) is 0.0580. The molecule has 0 aliphatic rings. The van der Waals surface area contributed by atoms with Crippen molar-refractivity contribution in [2.45, 2.75) is 92.6 Å². The minimum atomic E-state index is -1.36. The van der Waals surface area contributed by atoms with Crippen molar-refractivity contribution in [3.05, 3.63) is 23.8 Å². The van der Waals surface area contributed by atoms with Crippen LogP contribution in [0.3, 0.4) is 0 Å². The van der Waals surface area contributed by atoms with Gasteiger partial charge in [0.2, 0.25) is 12.2 Å². The van der Waals surface area contributed by atoms with Crippen LogP contribution in [0, 0.1) is 29.6 Å². The van der Waals surface area contributed by atoms with E-state index in [1.807, 2.05) is 45.9 Å². The van der Waals surface area contributed by atoms with Gasteiger partial charge in [-0.3, -0.25) is 15.2 Å². The average molecular weight is 644 g/mol. The van der Waals surface area contributed by atoms with E-state index in [0.29, 0.717) is 44.1 Å². The van der Waals surface area contributed by atoms with E-state index >= 15 is 0 Å². The lowest BCUT2D eigenvalue weighted by Crippen LogP contribution is -2.45. The summed E-state index contributed by atoms with van der Waals surface area (Å²) in [6.45, 7) is 15.0. The molecule has 1 aromatic carbocycles. The van der Waals surface area contributed by atoms with Gasteiger partial charge in [0.25, 0.3) is 0 Å². The van der Waals surface area contributed by atoms with Crippen LogP contribution in [0.2, 0.25) is 0 Å². The van der Waals surface area contributed by atoms with Gasteiger partial charge in [0.05, 0.1) is 19.1 Å². The van der Waals surface area contributed by atoms with E-state index in [9.17, 15) is 9.59 Å². The van der Waals surface area contributed by atoms with Gasteiger partial charge in [0, 0.05) is 45.6 Å². The lowest BCUT2D eigenvalue weighted by molar-refractivity contribution is -0.519. The summed E-state index contributed by atoms with van der Waals surface area (Å²) < 4.78 is 27.3. The summed E-state index contributed by atoms with van der Waals surface area (Å²) in [5.41, 5.74) is 7.81. The number of carbonyl (C=O) groups excluding carboxylic acids is 2. The summed E-state index contributed by atoms with van der Waals surface area (Å²) in [4.78, 5) is 30.4. The second-order valence-corrected chi connectivity index (χ2v) is 12.5. The minimum Gasteiger partial charge on any atom is -0.493 e. The Labute approximate surface area is 268 Å². The first-order valence-corrected chi connectivity index (χ1v) is 15.7. The molecule has 0 saturated carbocycles. The SMILES string of the molecule is COCCCOc1cc(CC(CC(N)C(CC(C(=O)NCC(C)C)C(C)C)OC(=O)OC(C)ON(O)O)C(C)C)ccc1OC. The zero-order valence-corrected chi connectivity index (χ0v) is 28.5. The van der Waals surface area contributed by atoms with Crippen molar-refractivity contribution in [3.8, 4) is 11.5 Å². The van der Waals surface area contributed by atoms with Gasteiger partial charge >= 0.3 is 6.16 Å². The normalized spacial score (nSPS) is 15.1. The average Bonchev–Trinajstić information content (AvgIpc) is 2.95. The summed E-state index contributed by atoms with van der Waals surface area (Å²) in [5, 5.41) is 20.2. The zero-order valence-electron chi connectivity index (χ0n) is 28.5. The Kier molecular flexibility index (Phi) is 19.0. The standard InChI is InChI=1S/C32H57N3O10/c1-20(2)19-34-31(36)26(22(5)6)18-29(44-32(37)43-23(7)45-35(38)39)27(33)17-25(21(3)4)15-24-11-12-28(41-9)30(16-24)42-14-10-13-40-8/h11-12,16,20-23,25-27,29,38-39H,10,13-15,17-19,33H2,1-9H3,(H,34,36). The monoisotopic (exact) mass is 643 g/mol. The van der Waals surface area contributed by atoms with Gasteiger partial charge in [-0.15, -0.1) is 0 Å². The maximum Gasteiger partial charge on any atom is 0.510 e. The molecule has 1 rings (SSSR count). The molecule has 45 heavy (non-hydrogen) atoms. The summed E-state index contributed by atoms with van der Waals surface area (Å²) in [5.74, 6) is 1.18. The maximum atomic E-state index is 13.2. The summed E-state index contributed by atoms with van der Waals surface area (Å²) >= 11 is 0. The van der Waals surface area contributed by atoms with Gasteiger partial charge in [-0.05, 0) is 60.6 Å². The molecule has 260 valence electrons. The van der Waals surface area contributed by atoms with Crippen LogP contribution in [0.5, 0.6) is 11.5 Å². The lowest BCUT2D eigenvalue weighted by atomic mass is 9.80. The molecular weight excluding hydrogens is 586 g/mol. The molecule has 0 aromatic heterocycles. The van der Waals surface area contributed by atoms with E-state index in [1.54, 1.807) is 14.2 Å². The molecule has 0 heterocycles. The van der Waals surface area contributed by atoms with E-state index in [4.69, 9.17) is 39.8 Å². The Hall–Kier alpha value is -2.68. The molecule has 0 fully saturated rings. The highest BCUT2D eigenvalue weighted by atomic mass is 17.1. The van der Waals surface area contributed by atoms with Crippen molar-refractivity contribution in [2.75, 3.05) is 34.0 Å². The third-order valence-corrected chi connectivity index (χ3v) is 7.54. The first-order chi connectivity index (χ1) is 21.2. The van der Waals surface area contributed by atoms with Crippen molar-refractivity contribution in [3.63, 3.8) is 0 Å². The van der Waals surface area contributed by atoms with Gasteiger partial charge in [-0.1, -0.05) is 47.6 Å². The van der Waals surface area contributed by atoms with Gasteiger partial charge in [-0.25, -0.2) is 9.63 Å². The predicted molar refractivity (Wildman–Crippen MR) is 168 cm³/mol. The third-order valence-electron chi connectivity index (χ3n) is 7.54. The number of nitrogens with two attached hydrogens (primary N) is 1. The third kappa shape index (κ3) is 15.9. The molecule has 1 aromatic rings. The minimum absolute atomic E-state index is 0.0615. The molecule has 0 saturated heterocycles. The number of hydrogen-bond donors (Lipinski definition) is 4. The number of amides is 1. The largest absolute Gasteiger partial charge is 0.510 e. The maximum absolute atomic E-state index is 13.2. The molecule has 0 bridgehead atoms. The van der Waals surface area contributed by atoms with E-state index in [2.05, 4.69) is 24.0 Å². The van der Waals surface area contributed by atoms with Crippen LogP contribution in [0.1, 0.15) is 73.3 Å². The van der Waals surface area contributed by atoms with Gasteiger partial charge in [-0.2, -0.15) is 0 Å². The molecule has 13 nitrogen and oxygen atoms in total. The first-order valence-electron chi connectivity index (χ1n) is 15.7. The highest BCUT2D eigenvalue weighted by Crippen LogP contribution is 2.32. The number of nitrogens with zero attached hydrogens (tertiary/aromatic N) is 1. The Morgan fingerprint density at radius 3 is 2.18 bits per heavy atom. The number of methoxy groups -OCH3 is 2. The van der Waals surface area contributed by atoms with Crippen LogP contribution in [0.25, 0.3) is 0 Å². The number of benzene rings is 1. The van der Waals surface area contributed by atoms with Crippen LogP contribution in [0.15, 0.2) is 18.2 Å². The molecule has 13 heteroatoms. The van der Waals surface area contributed by atoms with E-state index in [1.165, 1.54) is 6.92 Å². The molecule has 1 amide bonds. The Balaban J connectivity index is 3.20. The number of ether oxygens (including phenoxy) is 5. The van der Waals surface area contributed by atoms with Crippen molar-refractivity contribution >= 4 is 12.1 Å². The van der Waals surface area contributed by atoms with Crippen molar-refractivity contribution in [1.82, 2.24) is 10.7 Å². The molecule has 0 aliphatic carbocycles. The first kappa shape index (κ1) is 40.3. The second kappa shape index (κ2) is 21.2. The predicted octanol–water partition coefficient (Wildman–Crippen LogP) is 4.96. The van der Waals surface area contributed by atoms with Crippen LogP contribution in [0.4, 0.5) is 4.79 Å². The fourth-order valence-corrected chi connectivity index (χ4v) is 4.86. The fourth-order valence-electron chi connectivity index (χ4n) is 4.86. The van der Waals surface area contributed by atoms with Crippen LogP contribution >= 0.6 is 0 Å². The number of rotatable bonds is 22. The number of hydrogen-bond acceptors (Lipinski definition) is 12. The van der Waals surface area contributed by atoms with Crippen molar-refractivity contribution in [2.24, 2.45) is 35.3 Å². The molecule has 5 atom stereocenters. The lowest BCUT2D eigenvalue weighted by Gasteiger charge is -2.32. The van der Waals surface area contributed by atoms with Crippen LogP contribution in [-0.4, -0.2) is 80.3 Å². The number of carbonyl (C=O) groups is 2. The Bertz CT molecular complexity index is 992. The molecule has 5 N–H and O–H groups in total. The summed E-state index contributed by atoms with van der Waals surface area (Å²) in [6, 6.07) is 5.20. The molecule has 0 spiro atoms. The van der Waals surface area contributed by atoms with Crippen LogP contribution in [-0.2, 0) is 30.3 Å². The van der Waals surface area contributed by atoms with Gasteiger partial charge in [0.1, 0.15) is 6.10 Å². The van der Waals surface area contributed by atoms with Crippen molar-refractivity contribution < 1.29 is 48.5 Å². The van der Waals surface area contributed by atoms with E-state index in [0.717, 1.165) is 12.0 Å². The van der Waals surface area contributed by atoms with Crippen LogP contribution < -0.4 is 20.5 Å².